The molecule has 3 nitrogen and oxygen atoms in total. The summed E-state index contributed by atoms with van der Waals surface area (Å²) in [6, 6.07) is 1.80. The predicted molar refractivity (Wildman–Crippen MR) is 65.8 cm³/mol. The molecule has 0 bridgehead atoms. The monoisotopic (exact) mass is 285 g/mol. The lowest BCUT2D eigenvalue weighted by Crippen LogP contribution is -2.28. The van der Waals surface area contributed by atoms with Gasteiger partial charge in [-0.15, -0.1) is 0 Å². The van der Waals surface area contributed by atoms with Crippen molar-refractivity contribution in [2.24, 2.45) is 5.92 Å². The smallest absolute Gasteiger partial charge is 0.287 e. The van der Waals surface area contributed by atoms with E-state index in [1.54, 1.807) is 12.3 Å². The van der Waals surface area contributed by atoms with Crippen molar-refractivity contribution in [3.05, 3.63) is 23.7 Å². The van der Waals surface area contributed by atoms with Crippen LogP contribution in [0.5, 0.6) is 0 Å². The highest BCUT2D eigenvalue weighted by Gasteiger charge is 2.23. The number of nitrogens with one attached hydrogen (secondary N) is 1. The van der Waals surface area contributed by atoms with Gasteiger partial charge in [0.2, 0.25) is 0 Å². The molecule has 0 spiro atoms. The fourth-order valence-corrected chi connectivity index (χ4v) is 2.92. The minimum atomic E-state index is -0.0967. The van der Waals surface area contributed by atoms with Gasteiger partial charge < -0.3 is 9.73 Å². The second kappa shape index (κ2) is 5.04. The summed E-state index contributed by atoms with van der Waals surface area (Å²) >= 11 is 3.60. The summed E-state index contributed by atoms with van der Waals surface area (Å²) in [6.45, 7) is 2.63. The van der Waals surface area contributed by atoms with Crippen LogP contribution >= 0.6 is 15.9 Å². The van der Waals surface area contributed by atoms with Crippen molar-refractivity contribution in [1.82, 2.24) is 5.32 Å². The molecule has 1 amide bonds. The fourth-order valence-electron chi connectivity index (χ4n) is 2.12. The molecule has 4 heteroatoms. The molecule has 1 aliphatic carbocycles. The molecule has 2 atom stereocenters. The van der Waals surface area contributed by atoms with Crippen molar-refractivity contribution in [2.75, 3.05) is 6.54 Å². The number of halogens is 1. The van der Waals surface area contributed by atoms with Crippen LogP contribution in [0.2, 0.25) is 0 Å². The fraction of sp³-hybridized carbons (Fsp3) is 0.583. The third-order valence-electron chi connectivity index (χ3n) is 3.10. The summed E-state index contributed by atoms with van der Waals surface area (Å²) < 4.78 is 5.14. The van der Waals surface area contributed by atoms with Gasteiger partial charge in [0.1, 0.15) is 0 Å². The maximum Gasteiger partial charge on any atom is 0.287 e. The lowest BCUT2D eigenvalue weighted by molar-refractivity contribution is 0.0919. The zero-order valence-corrected chi connectivity index (χ0v) is 10.9. The third-order valence-corrected chi connectivity index (χ3v) is 3.93. The van der Waals surface area contributed by atoms with Crippen molar-refractivity contribution < 1.29 is 9.21 Å². The van der Waals surface area contributed by atoms with Gasteiger partial charge in [-0.3, -0.25) is 4.79 Å². The topological polar surface area (TPSA) is 42.2 Å². The van der Waals surface area contributed by atoms with E-state index in [9.17, 15) is 4.79 Å². The van der Waals surface area contributed by atoms with E-state index in [0.717, 1.165) is 18.5 Å². The van der Waals surface area contributed by atoms with Gasteiger partial charge in [-0.05, 0) is 38.2 Å². The van der Waals surface area contributed by atoms with Crippen LogP contribution in [0.15, 0.2) is 16.7 Å². The predicted octanol–water partition coefficient (Wildman–Crippen LogP) is 2.88. The lowest BCUT2D eigenvalue weighted by Gasteiger charge is -2.10. The van der Waals surface area contributed by atoms with Crippen molar-refractivity contribution in [2.45, 2.75) is 31.0 Å². The minimum Gasteiger partial charge on any atom is -0.459 e. The molecule has 16 heavy (non-hydrogen) atoms. The van der Waals surface area contributed by atoms with E-state index < -0.39 is 0 Å². The van der Waals surface area contributed by atoms with E-state index in [1.165, 1.54) is 12.8 Å². The molecule has 1 aromatic heterocycles. The summed E-state index contributed by atoms with van der Waals surface area (Å²) in [6.07, 6.45) is 5.10. The second-order valence-electron chi connectivity index (χ2n) is 4.42. The number of hydrogen-bond donors (Lipinski definition) is 1. The molecule has 1 fully saturated rings. The van der Waals surface area contributed by atoms with Crippen molar-refractivity contribution in [3.8, 4) is 0 Å². The quantitative estimate of drug-likeness (QED) is 0.868. The van der Waals surface area contributed by atoms with Crippen LogP contribution in [0.3, 0.4) is 0 Å². The van der Waals surface area contributed by atoms with Gasteiger partial charge in [-0.25, -0.2) is 0 Å². The maximum atomic E-state index is 11.7. The first-order valence-corrected chi connectivity index (χ1v) is 6.54. The largest absolute Gasteiger partial charge is 0.459 e. The molecule has 1 aromatic rings. The van der Waals surface area contributed by atoms with Gasteiger partial charge in [-0.2, -0.15) is 0 Å². The second-order valence-corrected chi connectivity index (χ2v) is 5.71. The first-order chi connectivity index (χ1) is 7.66. The summed E-state index contributed by atoms with van der Waals surface area (Å²) in [5.41, 5.74) is 0.891. The summed E-state index contributed by atoms with van der Waals surface area (Å²) in [5.74, 6) is 0.942. The van der Waals surface area contributed by atoms with Gasteiger partial charge in [0, 0.05) is 16.9 Å². The number of alkyl halides is 1. The maximum absolute atomic E-state index is 11.7. The minimum absolute atomic E-state index is 0.0967. The van der Waals surface area contributed by atoms with Crippen molar-refractivity contribution in [1.29, 1.82) is 0 Å². The van der Waals surface area contributed by atoms with Gasteiger partial charge in [0.15, 0.2) is 5.76 Å². The Morgan fingerprint density at radius 2 is 2.44 bits per heavy atom. The Morgan fingerprint density at radius 1 is 1.62 bits per heavy atom. The van der Waals surface area contributed by atoms with Gasteiger partial charge in [0.05, 0.1) is 6.26 Å². The number of carbonyl (C=O) groups is 1. The highest BCUT2D eigenvalue weighted by Crippen LogP contribution is 2.30. The normalized spacial score (nSPS) is 24.6. The molecule has 0 radical (unpaired) electrons. The molecule has 2 rings (SSSR count). The first-order valence-electron chi connectivity index (χ1n) is 5.63. The van der Waals surface area contributed by atoms with Crippen LogP contribution in [0.1, 0.15) is 35.4 Å². The van der Waals surface area contributed by atoms with Crippen LogP contribution in [0.25, 0.3) is 0 Å². The first kappa shape index (κ1) is 11.7. The highest BCUT2D eigenvalue weighted by atomic mass is 79.9. The molecule has 88 valence electrons. The Labute approximate surface area is 104 Å². The van der Waals surface area contributed by atoms with Crippen LogP contribution in [0.4, 0.5) is 0 Å². The Bertz CT molecular complexity index is 375. The average molecular weight is 286 g/mol. The molecule has 1 aliphatic rings. The number of hydrogen-bond acceptors (Lipinski definition) is 2. The van der Waals surface area contributed by atoms with Gasteiger partial charge >= 0.3 is 0 Å². The Kier molecular flexibility index (Phi) is 3.69. The summed E-state index contributed by atoms with van der Waals surface area (Å²) in [7, 11) is 0. The lowest BCUT2D eigenvalue weighted by atomic mass is 10.1. The Hall–Kier alpha value is -0.770. The van der Waals surface area contributed by atoms with Crippen molar-refractivity contribution in [3.63, 3.8) is 0 Å². The van der Waals surface area contributed by atoms with Crippen molar-refractivity contribution >= 4 is 21.8 Å². The van der Waals surface area contributed by atoms with E-state index in [0.29, 0.717) is 16.5 Å². The highest BCUT2D eigenvalue weighted by molar-refractivity contribution is 9.09. The number of furan rings is 1. The third kappa shape index (κ3) is 2.67. The molecule has 1 saturated carbocycles. The molecule has 0 aliphatic heterocycles. The molecule has 0 aromatic carbocycles. The van der Waals surface area contributed by atoms with Gasteiger partial charge in [0.25, 0.3) is 5.91 Å². The number of aryl methyl sites for hydroxylation is 1. The van der Waals surface area contributed by atoms with E-state index in [4.69, 9.17) is 4.42 Å². The standard InChI is InChI=1S/C12H16BrNO2/c1-8-4-5-16-11(8)12(15)14-7-9-2-3-10(13)6-9/h4-5,9-10H,2-3,6-7H2,1H3,(H,14,15). The van der Waals surface area contributed by atoms with Gasteiger partial charge in [-0.1, -0.05) is 15.9 Å². The van der Waals surface area contributed by atoms with E-state index in [-0.39, 0.29) is 5.91 Å². The Morgan fingerprint density at radius 3 is 3.00 bits per heavy atom. The average Bonchev–Trinajstić information content (AvgIpc) is 2.84. The number of carbonyl (C=O) groups excluding carboxylic acids is 1. The Balaban J connectivity index is 1.82. The molecule has 0 saturated heterocycles. The van der Waals surface area contributed by atoms with Crippen LogP contribution < -0.4 is 5.32 Å². The molecule has 1 N–H and O–H groups in total. The zero-order valence-electron chi connectivity index (χ0n) is 9.33. The van der Waals surface area contributed by atoms with E-state index in [2.05, 4.69) is 21.2 Å². The zero-order chi connectivity index (χ0) is 11.5. The summed E-state index contributed by atoms with van der Waals surface area (Å²) in [5, 5.41) is 2.93. The molecular formula is C12H16BrNO2. The number of rotatable bonds is 3. The van der Waals surface area contributed by atoms with E-state index >= 15 is 0 Å². The summed E-state index contributed by atoms with van der Waals surface area (Å²) in [4.78, 5) is 12.4. The molecular weight excluding hydrogens is 270 g/mol. The van der Waals surface area contributed by atoms with E-state index in [1.807, 2.05) is 6.92 Å². The van der Waals surface area contributed by atoms with Crippen LogP contribution in [0, 0.1) is 12.8 Å². The van der Waals surface area contributed by atoms with Crippen LogP contribution in [-0.4, -0.2) is 17.3 Å². The molecule has 1 heterocycles. The number of amides is 1. The van der Waals surface area contributed by atoms with Crippen LogP contribution in [-0.2, 0) is 0 Å². The molecule has 2 unspecified atom stereocenters. The SMILES string of the molecule is Cc1ccoc1C(=O)NCC1CCC(Br)C1.